The van der Waals surface area contributed by atoms with E-state index in [0.717, 1.165) is 5.56 Å². The Bertz CT molecular complexity index is 941. The zero-order valence-corrected chi connectivity index (χ0v) is 14.7. The Balaban J connectivity index is 1.89. The maximum atomic E-state index is 12.1. The summed E-state index contributed by atoms with van der Waals surface area (Å²) < 4.78 is 5.22. The molecular formula is C20H18N2O4. The summed E-state index contributed by atoms with van der Waals surface area (Å²) in [6.45, 7) is 5.86. The Labute approximate surface area is 151 Å². The van der Waals surface area contributed by atoms with Gasteiger partial charge in [-0.15, -0.1) is 0 Å². The summed E-state index contributed by atoms with van der Waals surface area (Å²) in [6, 6.07) is 12.4. The number of nitrogens with zero attached hydrogens (tertiary/aromatic N) is 2. The summed E-state index contributed by atoms with van der Waals surface area (Å²) in [7, 11) is 0. The van der Waals surface area contributed by atoms with Gasteiger partial charge in [0.25, 0.3) is 5.69 Å². The average molecular weight is 350 g/mol. The fourth-order valence-electron chi connectivity index (χ4n) is 2.66. The van der Waals surface area contributed by atoms with Gasteiger partial charge in [-0.25, -0.2) is 9.79 Å². The number of cyclic esters (lactones) is 1. The first-order valence-electron chi connectivity index (χ1n) is 8.23. The molecule has 1 heterocycles. The molecule has 0 bridgehead atoms. The lowest BCUT2D eigenvalue weighted by Crippen LogP contribution is -2.06. The highest BCUT2D eigenvalue weighted by atomic mass is 16.6. The molecule has 0 aliphatic carbocycles. The van der Waals surface area contributed by atoms with Crippen LogP contribution in [-0.2, 0) is 9.53 Å². The molecule has 6 nitrogen and oxygen atoms in total. The summed E-state index contributed by atoms with van der Waals surface area (Å²) in [5.41, 5.74) is 3.29. The highest BCUT2D eigenvalue weighted by molar-refractivity contribution is 6.13. The van der Waals surface area contributed by atoms with E-state index in [1.165, 1.54) is 17.7 Å². The van der Waals surface area contributed by atoms with Crippen molar-refractivity contribution >= 4 is 23.6 Å². The van der Waals surface area contributed by atoms with Crippen LogP contribution < -0.4 is 0 Å². The molecule has 0 N–H and O–H groups in total. The first-order chi connectivity index (χ1) is 12.3. The molecule has 2 aromatic carbocycles. The van der Waals surface area contributed by atoms with Crippen LogP contribution in [0.3, 0.4) is 0 Å². The number of aryl methyl sites for hydroxylation is 1. The fourth-order valence-corrected chi connectivity index (χ4v) is 2.66. The van der Waals surface area contributed by atoms with Crippen LogP contribution in [0.15, 0.2) is 53.2 Å². The Morgan fingerprint density at radius 1 is 1.15 bits per heavy atom. The van der Waals surface area contributed by atoms with Gasteiger partial charge in [0.05, 0.1) is 4.92 Å². The van der Waals surface area contributed by atoms with Crippen molar-refractivity contribution in [2.45, 2.75) is 26.7 Å². The molecule has 0 saturated heterocycles. The maximum Gasteiger partial charge on any atom is 0.363 e. The summed E-state index contributed by atoms with van der Waals surface area (Å²) in [6.07, 6.45) is 1.66. The third-order valence-corrected chi connectivity index (χ3v) is 4.17. The second kappa shape index (κ2) is 6.92. The fraction of sp³-hybridized carbons (Fsp3) is 0.200. The summed E-state index contributed by atoms with van der Waals surface area (Å²) >= 11 is 0. The molecule has 1 aliphatic rings. The number of carbonyl (C=O) groups is 1. The van der Waals surface area contributed by atoms with Crippen molar-refractivity contribution in [3.63, 3.8) is 0 Å². The van der Waals surface area contributed by atoms with E-state index >= 15 is 0 Å². The van der Waals surface area contributed by atoms with Gasteiger partial charge in [-0.2, -0.15) is 0 Å². The zero-order chi connectivity index (χ0) is 18.8. The minimum atomic E-state index is -0.538. The van der Waals surface area contributed by atoms with Gasteiger partial charge in [0, 0.05) is 17.2 Å². The first kappa shape index (κ1) is 17.5. The molecule has 6 heteroatoms. The number of benzene rings is 2. The van der Waals surface area contributed by atoms with Gasteiger partial charge in [-0.05, 0) is 42.2 Å². The van der Waals surface area contributed by atoms with E-state index in [0.29, 0.717) is 17.0 Å². The molecule has 3 rings (SSSR count). The van der Waals surface area contributed by atoms with Crippen molar-refractivity contribution in [3.05, 3.63) is 80.5 Å². The lowest BCUT2D eigenvalue weighted by Gasteiger charge is -2.04. The number of hydrogen-bond acceptors (Lipinski definition) is 5. The first-order valence-corrected chi connectivity index (χ1v) is 8.23. The van der Waals surface area contributed by atoms with Gasteiger partial charge in [-0.1, -0.05) is 38.1 Å². The Kier molecular flexibility index (Phi) is 4.67. The summed E-state index contributed by atoms with van der Waals surface area (Å²) in [5.74, 6) is 0.0464. The van der Waals surface area contributed by atoms with Crippen LogP contribution in [0.2, 0.25) is 0 Å². The minimum absolute atomic E-state index is 0.0136. The number of hydrogen-bond donors (Lipinski definition) is 0. The molecule has 26 heavy (non-hydrogen) atoms. The smallest absolute Gasteiger partial charge is 0.363 e. The van der Waals surface area contributed by atoms with Crippen LogP contribution in [0.1, 0.15) is 42.0 Å². The van der Waals surface area contributed by atoms with Crippen LogP contribution in [0.5, 0.6) is 0 Å². The standard InChI is InChI=1S/C20H18N2O4/c1-12(2)15-6-4-14(5-7-15)11-17-20(23)26-19(21-17)16-8-9-18(22(24)25)13(3)10-16/h4-12H,1-3H3/b17-11-. The molecule has 0 atom stereocenters. The van der Waals surface area contributed by atoms with Crippen LogP contribution in [0.25, 0.3) is 6.08 Å². The molecule has 1 aliphatic heterocycles. The van der Waals surface area contributed by atoms with Gasteiger partial charge in [-0.3, -0.25) is 10.1 Å². The maximum absolute atomic E-state index is 12.1. The van der Waals surface area contributed by atoms with Gasteiger partial charge in [0.1, 0.15) is 0 Å². The molecule has 0 fully saturated rings. The van der Waals surface area contributed by atoms with E-state index in [2.05, 4.69) is 18.8 Å². The van der Waals surface area contributed by atoms with E-state index < -0.39 is 10.9 Å². The number of esters is 1. The number of ether oxygens (including phenoxy) is 1. The van der Waals surface area contributed by atoms with Crippen molar-refractivity contribution in [2.24, 2.45) is 4.99 Å². The van der Waals surface area contributed by atoms with Gasteiger partial charge in [0.2, 0.25) is 5.90 Å². The Morgan fingerprint density at radius 3 is 2.42 bits per heavy atom. The summed E-state index contributed by atoms with van der Waals surface area (Å²) in [5, 5.41) is 10.9. The lowest BCUT2D eigenvalue weighted by atomic mass is 10.0. The van der Waals surface area contributed by atoms with Crippen LogP contribution in [-0.4, -0.2) is 16.8 Å². The van der Waals surface area contributed by atoms with E-state index in [9.17, 15) is 14.9 Å². The van der Waals surface area contributed by atoms with Gasteiger partial charge < -0.3 is 4.74 Å². The van der Waals surface area contributed by atoms with Crippen molar-refractivity contribution < 1.29 is 14.5 Å². The normalized spacial score (nSPS) is 15.3. The third kappa shape index (κ3) is 3.54. The second-order valence-corrected chi connectivity index (χ2v) is 6.42. The molecule has 0 amide bonds. The van der Waals surface area contributed by atoms with Crippen molar-refractivity contribution in [1.82, 2.24) is 0 Å². The molecule has 0 unspecified atom stereocenters. The number of aliphatic imine (C=N–C) groups is 1. The van der Waals surface area contributed by atoms with E-state index in [1.54, 1.807) is 19.1 Å². The Morgan fingerprint density at radius 2 is 1.85 bits per heavy atom. The van der Waals surface area contributed by atoms with Crippen molar-refractivity contribution in [1.29, 1.82) is 0 Å². The highest BCUT2D eigenvalue weighted by Gasteiger charge is 2.25. The molecular weight excluding hydrogens is 332 g/mol. The number of carbonyl (C=O) groups excluding carboxylic acids is 1. The quantitative estimate of drug-likeness (QED) is 0.355. The molecule has 132 valence electrons. The largest absolute Gasteiger partial charge is 0.402 e. The van der Waals surface area contributed by atoms with Crippen LogP contribution in [0, 0.1) is 17.0 Å². The van der Waals surface area contributed by atoms with Crippen LogP contribution in [0.4, 0.5) is 5.69 Å². The van der Waals surface area contributed by atoms with Gasteiger partial charge >= 0.3 is 5.97 Å². The zero-order valence-electron chi connectivity index (χ0n) is 14.7. The highest BCUT2D eigenvalue weighted by Crippen LogP contribution is 2.24. The molecule has 0 aromatic heterocycles. The van der Waals surface area contributed by atoms with Gasteiger partial charge in [0.15, 0.2) is 5.70 Å². The SMILES string of the molecule is Cc1cc(C2=N/C(=C\c3ccc(C(C)C)cc3)C(=O)O2)ccc1[N+](=O)[O-]. The average Bonchev–Trinajstić information content (AvgIpc) is 2.95. The second-order valence-electron chi connectivity index (χ2n) is 6.42. The molecule has 0 spiro atoms. The Hall–Kier alpha value is -3.28. The third-order valence-electron chi connectivity index (χ3n) is 4.17. The van der Waals surface area contributed by atoms with Crippen molar-refractivity contribution in [2.75, 3.05) is 0 Å². The monoisotopic (exact) mass is 350 g/mol. The molecule has 0 radical (unpaired) electrons. The predicted molar refractivity (Wildman–Crippen MR) is 99.0 cm³/mol. The van der Waals surface area contributed by atoms with E-state index in [-0.39, 0.29) is 17.3 Å². The van der Waals surface area contributed by atoms with Crippen molar-refractivity contribution in [3.8, 4) is 0 Å². The van der Waals surface area contributed by atoms with E-state index in [1.807, 2.05) is 24.3 Å². The predicted octanol–water partition coefficient (Wildman–Crippen LogP) is 4.37. The molecule has 2 aromatic rings. The minimum Gasteiger partial charge on any atom is -0.402 e. The number of rotatable bonds is 4. The van der Waals surface area contributed by atoms with Crippen LogP contribution >= 0.6 is 0 Å². The topological polar surface area (TPSA) is 81.8 Å². The lowest BCUT2D eigenvalue weighted by molar-refractivity contribution is -0.385. The molecule has 0 saturated carbocycles. The number of nitro benzene ring substituents is 1. The van der Waals surface area contributed by atoms with E-state index in [4.69, 9.17) is 4.74 Å². The summed E-state index contributed by atoms with van der Waals surface area (Å²) in [4.78, 5) is 26.8. The number of nitro groups is 1.